The van der Waals surface area contributed by atoms with Gasteiger partial charge in [0.1, 0.15) is 5.01 Å². The highest BCUT2D eigenvalue weighted by Gasteiger charge is 2.26. The first-order valence-corrected chi connectivity index (χ1v) is 8.62. The van der Waals surface area contributed by atoms with Gasteiger partial charge in [0.15, 0.2) is 0 Å². The van der Waals surface area contributed by atoms with E-state index in [9.17, 15) is 4.79 Å². The van der Waals surface area contributed by atoms with E-state index in [2.05, 4.69) is 40.3 Å². The monoisotopic (exact) mass is 321 g/mol. The van der Waals surface area contributed by atoms with E-state index in [-0.39, 0.29) is 11.8 Å². The molecule has 0 aliphatic carbocycles. The second-order valence-electron chi connectivity index (χ2n) is 6.14. The van der Waals surface area contributed by atoms with Crippen LogP contribution in [0.1, 0.15) is 38.1 Å². The van der Waals surface area contributed by atoms with Crippen LogP contribution in [0.4, 0.5) is 5.13 Å². The fourth-order valence-corrected chi connectivity index (χ4v) is 3.58. The quantitative estimate of drug-likeness (QED) is 0.869. The minimum Gasteiger partial charge on any atom is -0.302 e. The van der Waals surface area contributed by atoms with Crippen LogP contribution in [0.2, 0.25) is 0 Å². The summed E-state index contributed by atoms with van der Waals surface area (Å²) < 4.78 is 0. The third kappa shape index (κ3) is 5.04. The van der Waals surface area contributed by atoms with E-state index >= 15 is 0 Å². The number of likely N-dealkylation sites (tertiary alicyclic amines) is 1. The lowest BCUT2D eigenvalue weighted by Crippen LogP contribution is -2.41. The molecule has 22 heavy (non-hydrogen) atoms. The van der Waals surface area contributed by atoms with Gasteiger partial charge in [-0.25, -0.2) is 0 Å². The number of nitrogens with one attached hydrogen (secondary N) is 1. The van der Waals surface area contributed by atoms with Crippen LogP contribution >= 0.6 is 11.3 Å². The smallest absolute Gasteiger partial charge is 0.230 e. The summed E-state index contributed by atoms with van der Waals surface area (Å²) in [6.45, 7) is 6.72. The van der Waals surface area contributed by atoms with Crippen molar-refractivity contribution in [3.63, 3.8) is 0 Å². The lowest BCUT2D eigenvalue weighted by molar-refractivity contribution is -0.121. The van der Waals surface area contributed by atoms with E-state index in [1.807, 2.05) is 0 Å². The standard InChI is InChI=1S/C15H23N5OS/c1-11(2)9-13-18-19-15(22-13)17-14(21)12-5-3-7-20(10-12)8-4-6-16/h11-12H,3-5,7-10H2,1-2H3,(H,17,19,21). The number of anilines is 1. The van der Waals surface area contributed by atoms with Gasteiger partial charge in [-0.15, -0.1) is 10.2 Å². The average Bonchev–Trinajstić information content (AvgIpc) is 2.91. The third-order valence-corrected chi connectivity index (χ3v) is 4.56. The van der Waals surface area contributed by atoms with Crippen LogP contribution in [0.25, 0.3) is 0 Å². The van der Waals surface area contributed by atoms with Crippen molar-refractivity contribution in [3.05, 3.63) is 5.01 Å². The molecule has 1 N–H and O–H groups in total. The van der Waals surface area contributed by atoms with Crippen molar-refractivity contribution in [2.75, 3.05) is 25.0 Å². The number of hydrogen-bond acceptors (Lipinski definition) is 6. The molecule has 1 saturated heterocycles. The van der Waals surface area contributed by atoms with Gasteiger partial charge in [0, 0.05) is 25.9 Å². The van der Waals surface area contributed by atoms with Gasteiger partial charge in [-0.1, -0.05) is 25.2 Å². The summed E-state index contributed by atoms with van der Waals surface area (Å²) in [5, 5.41) is 21.3. The number of carbonyl (C=O) groups is 1. The molecule has 1 fully saturated rings. The van der Waals surface area contributed by atoms with Gasteiger partial charge in [0.25, 0.3) is 0 Å². The number of rotatable bonds is 6. The summed E-state index contributed by atoms with van der Waals surface area (Å²) in [5.41, 5.74) is 0. The summed E-state index contributed by atoms with van der Waals surface area (Å²) in [4.78, 5) is 14.6. The third-order valence-electron chi connectivity index (χ3n) is 3.70. The molecular formula is C15H23N5OS. The lowest BCUT2D eigenvalue weighted by Gasteiger charge is -2.31. The Hall–Kier alpha value is -1.52. The first kappa shape index (κ1) is 16.8. The zero-order valence-electron chi connectivity index (χ0n) is 13.2. The molecule has 0 bridgehead atoms. The molecule has 7 heteroatoms. The van der Waals surface area contributed by atoms with Crippen LogP contribution in [0.5, 0.6) is 0 Å². The van der Waals surface area contributed by atoms with E-state index in [4.69, 9.17) is 5.26 Å². The number of piperidine rings is 1. The highest BCUT2D eigenvalue weighted by molar-refractivity contribution is 7.15. The van der Waals surface area contributed by atoms with Gasteiger partial charge in [-0.2, -0.15) is 5.26 Å². The molecule has 1 aromatic heterocycles. The molecule has 0 spiro atoms. The predicted octanol–water partition coefficient (Wildman–Crippen LogP) is 2.30. The van der Waals surface area contributed by atoms with Crippen molar-refractivity contribution in [2.45, 2.75) is 39.5 Å². The Labute approximate surface area is 135 Å². The first-order chi connectivity index (χ1) is 10.6. The number of nitriles is 1. The Morgan fingerprint density at radius 3 is 3.09 bits per heavy atom. The molecule has 1 aromatic rings. The number of nitrogens with zero attached hydrogens (tertiary/aromatic N) is 4. The maximum absolute atomic E-state index is 12.4. The van der Waals surface area contributed by atoms with Crippen LogP contribution in [0, 0.1) is 23.2 Å². The predicted molar refractivity (Wildman–Crippen MR) is 86.5 cm³/mol. The maximum Gasteiger partial charge on any atom is 0.230 e. The fourth-order valence-electron chi connectivity index (χ4n) is 2.62. The van der Waals surface area contributed by atoms with E-state index in [1.54, 1.807) is 0 Å². The van der Waals surface area contributed by atoms with Crippen LogP contribution < -0.4 is 5.32 Å². The van der Waals surface area contributed by atoms with Gasteiger partial charge in [-0.3, -0.25) is 4.79 Å². The largest absolute Gasteiger partial charge is 0.302 e. The molecule has 1 aliphatic rings. The van der Waals surface area contributed by atoms with Crippen molar-refractivity contribution in [2.24, 2.45) is 11.8 Å². The number of amides is 1. The van der Waals surface area contributed by atoms with Gasteiger partial charge in [-0.05, 0) is 25.3 Å². The average molecular weight is 321 g/mol. The molecule has 6 nitrogen and oxygen atoms in total. The Bertz CT molecular complexity index is 536. The highest BCUT2D eigenvalue weighted by atomic mass is 32.1. The number of carbonyl (C=O) groups excluding carboxylic acids is 1. The van der Waals surface area contributed by atoms with Crippen molar-refractivity contribution < 1.29 is 4.79 Å². The van der Waals surface area contributed by atoms with Gasteiger partial charge in [0.2, 0.25) is 11.0 Å². The summed E-state index contributed by atoms with van der Waals surface area (Å²) in [6.07, 6.45) is 3.30. The molecule has 0 aromatic carbocycles. The zero-order valence-corrected chi connectivity index (χ0v) is 14.0. The number of aromatic nitrogens is 2. The van der Waals surface area contributed by atoms with Gasteiger partial charge < -0.3 is 10.2 Å². The molecule has 1 amide bonds. The molecule has 1 aliphatic heterocycles. The van der Waals surface area contributed by atoms with Gasteiger partial charge in [0.05, 0.1) is 12.0 Å². The van der Waals surface area contributed by atoms with Crippen LogP contribution in [-0.4, -0.2) is 40.6 Å². The van der Waals surface area contributed by atoms with E-state index < -0.39 is 0 Å². The fraction of sp³-hybridized carbons (Fsp3) is 0.733. The van der Waals surface area contributed by atoms with E-state index in [0.29, 0.717) is 17.5 Å². The van der Waals surface area contributed by atoms with Gasteiger partial charge >= 0.3 is 0 Å². The van der Waals surface area contributed by atoms with Crippen LogP contribution in [-0.2, 0) is 11.2 Å². The molecule has 1 unspecified atom stereocenters. The highest BCUT2D eigenvalue weighted by Crippen LogP contribution is 2.22. The minimum absolute atomic E-state index is 0.0221. The summed E-state index contributed by atoms with van der Waals surface area (Å²) in [7, 11) is 0. The van der Waals surface area contributed by atoms with Crippen molar-refractivity contribution in [1.82, 2.24) is 15.1 Å². The molecule has 120 valence electrons. The topological polar surface area (TPSA) is 81.9 Å². The van der Waals surface area contributed by atoms with Crippen LogP contribution in [0.3, 0.4) is 0 Å². The first-order valence-electron chi connectivity index (χ1n) is 7.81. The molecule has 0 saturated carbocycles. The molecule has 2 rings (SSSR count). The molecule has 2 heterocycles. The Morgan fingerprint density at radius 1 is 1.55 bits per heavy atom. The molecule has 1 atom stereocenters. The Kier molecular flexibility index (Phi) is 6.28. The second-order valence-corrected chi connectivity index (χ2v) is 7.20. The molecular weight excluding hydrogens is 298 g/mol. The van der Waals surface area contributed by atoms with E-state index in [0.717, 1.165) is 43.9 Å². The zero-order chi connectivity index (χ0) is 15.9. The van der Waals surface area contributed by atoms with Crippen molar-refractivity contribution in [1.29, 1.82) is 5.26 Å². The van der Waals surface area contributed by atoms with Crippen LogP contribution in [0.15, 0.2) is 0 Å². The van der Waals surface area contributed by atoms with Crippen molar-refractivity contribution >= 4 is 22.4 Å². The normalized spacial score (nSPS) is 19.1. The number of hydrogen-bond donors (Lipinski definition) is 1. The lowest BCUT2D eigenvalue weighted by atomic mass is 9.97. The summed E-state index contributed by atoms with van der Waals surface area (Å²) >= 11 is 1.46. The SMILES string of the molecule is CC(C)Cc1nnc(NC(=O)C2CCCN(CCC#N)C2)s1. The minimum atomic E-state index is -0.0232. The summed E-state index contributed by atoms with van der Waals surface area (Å²) in [6, 6.07) is 2.16. The van der Waals surface area contributed by atoms with Crippen molar-refractivity contribution in [3.8, 4) is 6.07 Å². The maximum atomic E-state index is 12.4. The van der Waals surface area contributed by atoms with E-state index in [1.165, 1.54) is 11.3 Å². The summed E-state index contributed by atoms with van der Waals surface area (Å²) in [5.74, 6) is 0.530. The second kappa shape index (κ2) is 8.20. The Balaban J connectivity index is 1.86. The molecule has 0 radical (unpaired) electrons. The Morgan fingerprint density at radius 2 is 2.36 bits per heavy atom.